The van der Waals surface area contributed by atoms with Crippen molar-refractivity contribution in [1.82, 2.24) is 15.4 Å². The number of halogens is 1. The molecule has 1 aromatic carbocycles. The molecule has 2 heterocycles. The van der Waals surface area contributed by atoms with Crippen LogP contribution in [0.25, 0.3) is 0 Å². The third-order valence-electron chi connectivity index (χ3n) is 4.88. The number of carbonyl (C=O) groups is 1. The number of carbonyl (C=O) groups excluding carboxylic acids is 1. The smallest absolute Gasteiger partial charge is 0.290 e. The van der Waals surface area contributed by atoms with Gasteiger partial charge in [0.15, 0.2) is 0 Å². The topological polar surface area (TPSA) is 58.4 Å². The second-order valence-electron chi connectivity index (χ2n) is 7.07. The Morgan fingerprint density at radius 2 is 2.20 bits per heavy atom. The Morgan fingerprint density at radius 1 is 1.32 bits per heavy atom. The van der Waals surface area contributed by atoms with E-state index in [0.717, 1.165) is 56.6 Å². The summed E-state index contributed by atoms with van der Waals surface area (Å²) in [7, 11) is 0. The lowest BCUT2D eigenvalue weighted by atomic mass is 9.94. The standard InChI is InChI=1S/C19H22FN3O2/c20-15-5-1-3-13(9-15)11-23-8-2-4-14(12-23)17-10-18(25-22-17)19(24)21-16-6-7-16/h1,3,5,9-10,14,16H,2,4,6-8,11-12H2,(H,21,24). The number of aromatic nitrogens is 1. The molecule has 2 fully saturated rings. The Hall–Kier alpha value is -2.21. The lowest BCUT2D eigenvalue weighted by Crippen LogP contribution is -2.34. The van der Waals surface area contributed by atoms with Gasteiger partial charge in [-0.05, 0) is 49.9 Å². The van der Waals surface area contributed by atoms with Gasteiger partial charge in [0, 0.05) is 31.1 Å². The van der Waals surface area contributed by atoms with Crippen LogP contribution < -0.4 is 5.32 Å². The van der Waals surface area contributed by atoms with Gasteiger partial charge in [-0.1, -0.05) is 17.3 Å². The summed E-state index contributed by atoms with van der Waals surface area (Å²) in [5, 5.41) is 7.04. The minimum Gasteiger partial charge on any atom is -0.351 e. The van der Waals surface area contributed by atoms with Gasteiger partial charge in [-0.3, -0.25) is 9.69 Å². The van der Waals surface area contributed by atoms with Crippen LogP contribution in [0.5, 0.6) is 0 Å². The van der Waals surface area contributed by atoms with Gasteiger partial charge in [0.25, 0.3) is 5.91 Å². The molecular formula is C19H22FN3O2. The number of amides is 1. The van der Waals surface area contributed by atoms with Gasteiger partial charge in [0.2, 0.25) is 5.76 Å². The number of likely N-dealkylation sites (tertiary alicyclic amines) is 1. The van der Waals surface area contributed by atoms with E-state index >= 15 is 0 Å². The van der Waals surface area contributed by atoms with E-state index in [4.69, 9.17) is 4.52 Å². The van der Waals surface area contributed by atoms with E-state index in [-0.39, 0.29) is 17.6 Å². The van der Waals surface area contributed by atoms with E-state index in [1.807, 2.05) is 6.07 Å². The second-order valence-corrected chi connectivity index (χ2v) is 7.07. The molecule has 5 nitrogen and oxygen atoms in total. The van der Waals surface area contributed by atoms with Crippen molar-refractivity contribution < 1.29 is 13.7 Å². The second kappa shape index (κ2) is 6.96. The summed E-state index contributed by atoms with van der Waals surface area (Å²) in [4.78, 5) is 14.3. The highest BCUT2D eigenvalue weighted by molar-refractivity contribution is 5.91. The van der Waals surface area contributed by atoms with Crippen LogP contribution in [-0.2, 0) is 6.54 Å². The van der Waals surface area contributed by atoms with Gasteiger partial charge >= 0.3 is 0 Å². The quantitative estimate of drug-likeness (QED) is 0.906. The Morgan fingerprint density at radius 3 is 3.00 bits per heavy atom. The van der Waals surface area contributed by atoms with Crippen molar-refractivity contribution in [3.05, 3.63) is 53.2 Å². The molecule has 25 heavy (non-hydrogen) atoms. The monoisotopic (exact) mass is 343 g/mol. The summed E-state index contributed by atoms with van der Waals surface area (Å²) in [6, 6.07) is 8.81. The molecule has 1 aliphatic carbocycles. The van der Waals surface area contributed by atoms with E-state index in [1.54, 1.807) is 18.2 Å². The first-order valence-corrected chi connectivity index (χ1v) is 8.91. The van der Waals surface area contributed by atoms with Gasteiger partial charge < -0.3 is 9.84 Å². The first-order valence-electron chi connectivity index (χ1n) is 8.91. The third-order valence-corrected chi connectivity index (χ3v) is 4.88. The number of hydrogen-bond acceptors (Lipinski definition) is 4. The van der Waals surface area contributed by atoms with Crippen molar-refractivity contribution in [1.29, 1.82) is 0 Å². The summed E-state index contributed by atoms with van der Waals surface area (Å²) in [5.74, 6) is 0.167. The fraction of sp³-hybridized carbons (Fsp3) is 0.474. The van der Waals surface area contributed by atoms with Crippen LogP contribution in [0.15, 0.2) is 34.9 Å². The minimum absolute atomic E-state index is 0.173. The molecule has 0 bridgehead atoms. The molecule has 6 heteroatoms. The van der Waals surface area contributed by atoms with Crippen LogP contribution in [0.1, 0.15) is 53.4 Å². The molecule has 1 aliphatic heterocycles. The molecule has 1 amide bonds. The zero-order chi connectivity index (χ0) is 17.2. The van der Waals surface area contributed by atoms with E-state index < -0.39 is 0 Å². The predicted molar refractivity (Wildman–Crippen MR) is 90.6 cm³/mol. The minimum atomic E-state index is -0.200. The zero-order valence-corrected chi connectivity index (χ0v) is 14.1. The van der Waals surface area contributed by atoms with Crippen LogP contribution in [0.2, 0.25) is 0 Å². The van der Waals surface area contributed by atoms with E-state index in [2.05, 4.69) is 15.4 Å². The maximum Gasteiger partial charge on any atom is 0.290 e. The molecule has 1 aromatic heterocycles. The average molecular weight is 343 g/mol. The van der Waals surface area contributed by atoms with Gasteiger partial charge in [-0.2, -0.15) is 0 Å². The number of hydrogen-bond donors (Lipinski definition) is 1. The van der Waals surface area contributed by atoms with Crippen molar-refractivity contribution in [2.75, 3.05) is 13.1 Å². The van der Waals surface area contributed by atoms with Crippen LogP contribution in [0, 0.1) is 5.82 Å². The van der Waals surface area contributed by atoms with Gasteiger partial charge in [-0.25, -0.2) is 4.39 Å². The molecule has 2 aromatic rings. The molecule has 2 aliphatic rings. The molecule has 1 N–H and O–H groups in total. The van der Waals surface area contributed by atoms with Crippen LogP contribution in [0.3, 0.4) is 0 Å². The summed E-state index contributed by atoms with van der Waals surface area (Å²) in [6.45, 7) is 2.55. The zero-order valence-electron chi connectivity index (χ0n) is 14.1. The van der Waals surface area contributed by atoms with E-state index in [1.165, 1.54) is 6.07 Å². The summed E-state index contributed by atoms with van der Waals surface area (Å²) in [6.07, 6.45) is 4.17. The Balaban J connectivity index is 1.39. The van der Waals surface area contributed by atoms with E-state index in [9.17, 15) is 9.18 Å². The Bertz CT molecular complexity index is 757. The third kappa shape index (κ3) is 4.07. The molecule has 1 saturated heterocycles. The number of nitrogens with one attached hydrogen (secondary N) is 1. The number of nitrogens with zero attached hydrogens (tertiary/aromatic N) is 2. The molecule has 132 valence electrons. The first-order chi connectivity index (χ1) is 12.2. The van der Waals surface area contributed by atoms with Gasteiger partial charge in [0.05, 0.1) is 5.69 Å². The number of piperidine rings is 1. The fourth-order valence-electron chi connectivity index (χ4n) is 3.41. The van der Waals surface area contributed by atoms with Gasteiger partial charge in [-0.15, -0.1) is 0 Å². The summed E-state index contributed by atoms with van der Waals surface area (Å²) >= 11 is 0. The number of benzene rings is 1. The van der Waals surface area contributed by atoms with Crippen molar-refractivity contribution in [2.45, 2.75) is 44.2 Å². The maximum absolute atomic E-state index is 13.4. The maximum atomic E-state index is 13.4. The van der Waals surface area contributed by atoms with Crippen LogP contribution in [0.4, 0.5) is 4.39 Å². The van der Waals surface area contributed by atoms with Crippen LogP contribution >= 0.6 is 0 Å². The molecule has 1 unspecified atom stereocenters. The Kier molecular flexibility index (Phi) is 4.53. The average Bonchev–Trinajstić information content (AvgIpc) is 3.27. The summed E-state index contributed by atoms with van der Waals surface area (Å²) in [5.41, 5.74) is 1.81. The molecule has 1 atom stereocenters. The Labute approximate surface area is 146 Å². The van der Waals surface area contributed by atoms with E-state index in [0.29, 0.717) is 11.8 Å². The molecule has 4 rings (SSSR count). The largest absolute Gasteiger partial charge is 0.351 e. The highest BCUT2D eigenvalue weighted by Gasteiger charge is 2.28. The molecule has 0 spiro atoms. The number of rotatable bonds is 5. The lowest BCUT2D eigenvalue weighted by molar-refractivity contribution is 0.0913. The first kappa shape index (κ1) is 16.3. The summed E-state index contributed by atoms with van der Waals surface area (Å²) < 4.78 is 18.6. The van der Waals surface area contributed by atoms with Gasteiger partial charge in [0.1, 0.15) is 5.82 Å². The molecule has 0 radical (unpaired) electrons. The highest BCUT2D eigenvalue weighted by Crippen LogP contribution is 2.28. The van der Waals surface area contributed by atoms with Crippen molar-refractivity contribution in [3.8, 4) is 0 Å². The normalized spacial score (nSPS) is 21.2. The van der Waals surface area contributed by atoms with Crippen LogP contribution in [-0.4, -0.2) is 35.1 Å². The predicted octanol–water partition coefficient (Wildman–Crippen LogP) is 3.09. The SMILES string of the molecule is O=C(NC1CC1)c1cc(C2CCCN(Cc3cccc(F)c3)C2)no1. The van der Waals surface area contributed by atoms with Crippen molar-refractivity contribution in [2.24, 2.45) is 0 Å². The highest BCUT2D eigenvalue weighted by atomic mass is 19.1. The van der Waals surface area contributed by atoms with Crippen molar-refractivity contribution in [3.63, 3.8) is 0 Å². The molecular weight excluding hydrogens is 321 g/mol. The fourth-order valence-corrected chi connectivity index (χ4v) is 3.41. The van der Waals surface area contributed by atoms with Crippen molar-refractivity contribution >= 4 is 5.91 Å². The lowest BCUT2D eigenvalue weighted by Gasteiger charge is -2.31. The molecule has 1 saturated carbocycles.